The zero-order chi connectivity index (χ0) is 14.6. The highest BCUT2D eigenvalue weighted by Gasteiger charge is 2.20. The smallest absolute Gasteiger partial charge is 0.243 e. The largest absolute Gasteiger partial charge is 0.387 e. The molecular weight excluding hydrogens is 274 g/mol. The molecule has 1 atom stereocenters. The third-order valence-corrected chi connectivity index (χ3v) is 4.58. The van der Waals surface area contributed by atoms with Crippen LogP contribution in [0.1, 0.15) is 18.5 Å². The Morgan fingerprint density at radius 3 is 2.40 bits per heavy atom. The molecule has 1 unspecified atom stereocenters. The molecule has 0 fully saturated rings. The summed E-state index contributed by atoms with van der Waals surface area (Å²) in [5.74, 6) is 0. The van der Waals surface area contributed by atoms with Crippen LogP contribution in [0.15, 0.2) is 53.7 Å². The Morgan fingerprint density at radius 1 is 1.10 bits per heavy atom. The van der Waals surface area contributed by atoms with E-state index in [9.17, 15) is 8.42 Å². The monoisotopic (exact) mass is 291 g/mol. The first-order chi connectivity index (χ1) is 9.54. The van der Waals surface area contributed by atoms with E-state index < -0.39 is 10.0 Å². The lowest BCUT2D eigenvalue weighted by molar-refractivity contribution is 0.567. The minimum Gasteiger partial charge on any atom is -0.387 e. The average Bonchev–Trinajstić information content (AvgIpc) is 2.47. The molecule has 5 nitrogen and oxygen atoms in total. The highest BCUT2D eigenvalue weighted by Crippen LogP contribution is 2.22. The first kappa shape index (κ1) is 14.5. The second-order valence-electron chi connectivity index (χ2n) is 4.37. The van der Waals surface area contributed by atoms with Gasteiger partial charge in [0.15, 0.2) is 0 Å². The quantitative estimate of drug-likeness (QED) is 0.885. The second kappa shape index (κ2) is 6.02. The number of aromatic nitrogens is 1. The number of nitrogens with one attached hydrogen (secondary N) is 2. The molecule has 0 saturated carbocycles. The number of hydrogen-bond acceptors (Lipinski definition) is 4. The van der Waals surface area contributed by atoms with Gasteiger partial charge in [-0.25, -0.2) is 13.1 Å². The molecular formula is C14H17N3O2S. The van der Waals surface area contributed by atoms with Gasteiger partial charge in [-0.05, 0) is 36.8 Å². The molecule has 106 valence electrons. The van der Waals surface area contributed by atoms with Gasteiger partial charge in [-0.3, -0.25) is 4.98 Å². The number of nitrogens with zero attached hydrogens (tertiary/aromatic N) is 1. The molecule has 0 aliphatic heterocycles. The third kappa shape index (κ3) is 3.15. The molecule has 2 aromatic rings. The van der Waals surface area contributed by atoms with Crippen molar-refractivity contribution in [1.29, 1.82) is 0 Å². The van der Waals surface area contributed by atoms with Crippen molar-refractivity contribution < 1.29 is 8.42 Å². The van der Waals surface area contributed by atoms with Crippen LogP contribution in [0.25, 0.3) is 0 Å². The van der Waals surface area contributed by atoms with E-state index in [0.29, 0.717) is 5.69 Å². The van der Waals surface area contributed by atoms with Gasteiger partial charge in [-0.15, -0.1) is 0 Å². The highest BCUT2D eigenvalue weighted by atomic mass is 32.2. The lowest BCUT2D eigenvalue weighted by Gasteiger charge is -2.16. The van der Waals surface area contributed by atoms with Crippen molar-refractivity contribution in [3.05, 3.63) is 54.4 Å². The molecule has 0 aliphatic carbocycles. The van der Waals surface area contributed by atoms with E-state index in [1.165, 1.54) is 0 Å². The number of para-hydroxylation sites is 1. The second-order valence-corrected chi connectivity index (χ2v) is 6.05. The summed E-state index contributed by atoms with van der Waals surface area (Å²) in [6.07, 6.45) is 3.28. The third-order valence-electron chi connectivity index (χ3n) is 2.98. The molecule has 0 bridgehead atoms. The van der Waals surface area contributed by atoms with Gasteiger partial charge < -0.3 is 5.32 Å². The van der Waals surface area contributed by atoms with Crippen LogP contribution in [0.3, 0.4) is 0 Å². The summed E-state index contributed by atoms with van der Waals surface area (Å²) in [6, 6.07) is 10.0. The Morgan fingerprint density at radius 2 is 1.75 bits per heavy atom. The summed E-state index contributed by atoms with van der Waals surface area (Å²) in [5, 5.41) is 2.89. The maximum Gasteiger partial charge on any atom is 0.243 e. The molecule has 1 aromatic carbocycles. The first-order valence-electron chi connectivity index (χ1n) is 6.23. The van der Waals surface area contributed by atoms with Crippen LogP contribution in [-0.4, -0.2) is 20.4 Å². The molecule has 6 heteroatoms. The van der Waals surface area contributed by atoms with Crippen LogP contribution in [0, 0.1) is 0 Å². The van der Waals surface area contributed by atoms with Crippen LogP contribution >= 0.6 is 0 Å². The maximum absolute atomic E-state index is 12.4. The van der Waals surface area contributed by atoms with Gasteiger partial charge in [-0.2, -0.15) is 0 Å². The molecule has 20 heavy (non-hydrogen) atoms. The van der Waals surface area contributed by atoms with Crippen LogP contribution in [0.4, 0.5) is 5.69 Å². The summed E-state index contributed by atoms with van der Waals surface area (Å²) in [6.45, 7) is 1.80. The van der Waals surface area contributed by atoms with Crippen molar-refractivity contribution in [2.75, 3.05) is 12.4 Å². The summed E-state index contributed by atoms with van der Waals surface area (Å²) in [5.41, 5.74) is 1.44. The Balaban J connectivity index is 2.28. The van der Waals surface area contributed by atoms with E-state index in [-0.39, 0.29) is 10.9 Å². The van der Waals surface area contributed by atoms with Gasteiger partial charge in [-0.1, -0.05) is 12.1 Å². The van der Waals surface area contributed by atoms with Crippen molar-refractivity contribution in [3.63, 3.8) is 0 Å². The number of sulfonamides is 1. The molecule has 0 radical (unpaired) electrons. The minimum atomic E-state index is -3.58. The molecule has 0 amide bonds. The molecule has 0 spiro atoms. The lowest BCUT2D eigenvalue weighted by atomic mass is 10.1. The standard InChI is InChI=1S/C14H17N3O2S/c1-11(12-7-9-16-10-8-12)17-20(18,19)14-6-4-3-5-13(14)15-2/h3-11,15,17H,1-2H3. The number of benzene rings is 1. The number of rotatable bonds is 5. The molecule has 1 aromatic heterocycles. The minimum absolute atomic E-state index is 0.239. The molecule has 2 rings (SSSR count). The topological polar surface area (TPSA) is 71.1 Å². The van der Waals surface area contributed by atoms with E-state index in [1.807, 2.05) is 0 Å². The lowest BCUT2D eigenvalue weighted by Crippen LogP contribution is -2.27. The summed E-state index contributed by atoms with van der Waals surface area (Å²) in [7, 11) is -1.89. The van der Waals surface area contributed by atoms with Crippen molar-refractivity contribution in [2.24, 2.45) is 0 Å². The molecule has 0 saturated heterocycles. The van der Waals surface area contributed by atoms with Gasteiger partial charge in [0.1, 0.15) is 4.90 Å². The van der Waals surface area contributed by atoms with Gasteiger partial charge in [0.2, 0.25) is 10.0 Å². The molecule has 0 aliphatic rings. The van der Waals surface area contributed by atoms with E-state index >= 15 is 0 Å². The summed E-state index contributed by atoms with van der Waals surface area (Å²) in [4.78, 5) is 4.16. The highest BCUT2D eigenvalue weighted by molar-refractivity contribution is 7.89. The van der Waals surface area contributed by atoms with Crippen molar-refractivity contribution in [3.8, 4) is 0 Å². The normalized spacial score (nSPS) is 12.9. The van der Waals surface area contributed by atoms with E-state index in [0.717, 1.165) is 5.56 Å². The molecule has 1 heterocycles. The average molecular weight is 291 g/mol. The fourth-order valence-electron chi connectivity index (χ4n) is 1.92. The summed E-state index contributed by atoms with van der Waals surface area (Å²) < 4.78 is 27.5. The molecule has 2 N–H and O–H groups in total. The van der Waals surface area contributed by atoms with Gasteiger partial charge in [0.25, 0.3) is 0 Å². The zero-order valence-corrected chi connectivity index (χ0v) is 12.2. The predicted octanol–water partition coefficient (Wildman–Crippen LogP) is 2.16. The Labute approximate surface area is 119 Å². The Bertz CT molecular complexity index is 672. The van der Waals surface area contributed by atoms with Gasteiger partial charge >= 0.3 is 0 Å². The first-order valence-corrected chi connectivity index (χ1v) is 7.72. The zero-order valence-electron chi connectivity index (χ0n) is 11.4. The van der Waals surface area contributed by atoms with Crippen LogP contribution < -0.4 is 10.0 Å². The number of anilines is 1. The van der Waals surface area contributed by atoms with Gasteiger partial charge in [0.05, 0.1) is 5.69 Å². The van der Waals surface area contributed by atoms with E-state index in [2.05, 4.69) is 15.0 Å². The number of hydrogen-bond donors (Lipinski definition) is 2. The van der Waals surface area contributed by atoms with E-state index in [1.54, 1.807) is 62.8 Å². The Kier molecular flexibility index (Phi) is 4.36. The fourth-order valence-corrected chi connectivity index (χ4v) is 3.37. The van der Waals surface area contributed by atoms with Crippen molar-refractivity contribution in [2.45, 2.75) is 17.9 Å². The summed E-state index contributed by atoms with van der Waals surface area (Å²) >= 11 is 0. The number of pyridine rings is 1. The van der Waals surface area contributed by atoms with Crippen molar-refractivity contribution in [1.82, 2.24) is 9.71 Å². The van der Waals surface area contributed by atoms with Crippen molar-refractivity contribution >= 4 is 15.7 Å². The Hall–Kier alpha value is -1.92. The van der Waals surface area contributed by atoms with Crippen LogP contribution in [0.2, 0.25) is 0 Å². The SMILES string of the molecule is CNc1ccccc1S(=O)(=O)NC(C)c1ccncc1. The van der Waals surface area contributed by atoms with Crippen LogP contribution in [0.5, 0.6) is 0 Å². The fraction of sp³-hybridized carbons (Fsp3) is 0.214. The van der Waals surface area contributed by atoms with E-state index in [4.69, 9.17) is 0 Å². The maximum atomic E-state index is 12.4. The predicted molar refractivity (Wildman–Crippen MR) is 79.0 cm³/mol. The van der Waals surface area contributed by atoms with Gasteiger partial charge in [0, 0.05) is 25.5 Å². The van der Waals surface area contributed by atoms with Crippen LogP contribution in [-0.2, 0) is 10.0 Å².